The van der Waals surface area contributed by atoms with Gasteiger partial charge in [-0.1, -0.05) is 18.2 Å². The number of rotatable bonds is 5. The Labute approximate surface area is 181 Å². The number of benzene rings is 1. The molecule has 3 heterocycles. The van der Waals surface area contributed by atoms with Crippen molar-refractivity contribution in [3.63, 3.8) is 0 Å². The van der Waals surface area contributed by atoms with Gasteiger partial charge in [0.25, 0.3) is 0 Å². The number of carbonyl (C=O) groups is 1. The summed E-state index contributed by atoms with van der Waals surface area (Å²) in [6.45, 7) is 6.88. The summed E-state index contributed by atoms with van der Waals surface area (Å²) in [5.74, 6) is -0.940. The average Bonchev–Trinajstić information content (AvgIpc) is 3.23. The summed E-state index contributed by atoms with van der Waals surface area (Å²) in [6.07, 6.45) is 1.79. The minimum Gasteiger partial charge on any atom is -0.478 e. The van der Waals surface area contributed by atoms with Gasteiger partial charge in [0, 0.05) is 24.1 Å². The van der Waals surface area contributed by atoms with E-state index in [-0.39, 0.29) is 17.6 Å². The van der Waals surface area contributed by atoms with Crippen molar-refractivity contribution in [1.82, 2.24) is 19.8 Å². The number of hydrogen-bond acceptors (Lipinski definition) is 3. The van der Waals surface area contributed by atoms with E-state index < -0.39 is 5.97 Å². The number of carboxylic acid groups (broad SMARTS) is 1. The Morgan fingerprint density at radius 3 is 2.60 bits per heavy atom. The Morgan fingerprint density at radius 2 is 1.93 bits per heavy atom. The Kier molecular flexibility index (Phi) is 5.30. The van der Waals surface area contributed by atoms with Crippen LogP contribution < -0.4 is 5.32 Å². The molecule has 2 unspecified atom stereocenters. The molecule has 0 amide bonds. The van der Waals surface area contributed by atoms with Crippen molar-refractivity contribution in [2.45, 2.75) is 32.9 Å². The van der Waals surface area contributed by atoms with Crippen LogP contribution in [0.1, 0.15) is 52.0 Å². The van der Waals surface area contributed by atoms with Crippen LogP contribution in [0.5, 0.6) is 0 Å². The van der Waals surface area contributed by atoms with E-state index in [1.54, 1.807) is 18.3 Å². The van der Waals surface area contributed by atoms with Crippen LogP contribution >= 0.6 is 12.2 Å². The molecule has 1 aliphatic rings. The van der Waals surface area contributed by atoms with E-state index in [4.69, 9.17) is 12.2 Å². The fraction of sp³-hybridized carbons (Fsp3) is 0.261. The monoisotopic (exact) mass is 420 g/mol. The van der Waals surface area contributed by atoms with Crippen LogP contribution in [-0.4, -0.2) is 37.2 Å². The van der Waals surface area contributed by atoms with Crippen LogP contribution in [0.15, 0.2) is 54.7 Å². The summed E-state index contributed by atoms with van der Waals surface area (Å²) in [5, 5.41) is 13.8. The molecule has 1 fully saturated rings. The van der Waals surface area contributed by atoms with Gasteiger partial charge in [-0.15, -0.1) is 0 Å². The lowest BCUT2D eigenvalue weighted by Gasteiger charge is -2.27. The molecule has 3 aromatic rings. The topological polar surface area (TPSA) is 70.4 Å². The summed E-state index contributed by atoms with van der Waals surface area (Å²) in [4.78, 5) is 18.5. The Balaban J connectivity index is 1.87. The molecule has 0 aliphatic carbocycles. The first-order valence-electron chi connectivity index (χ1n) is 9.93. The molecule has 154 valence electrons. The molecule has 1 aliphatic heterocycles. The van der Waals surface area contributed by atoms with Crippen molar-refractivity contribution in [3.05, 3.63) is 82.9 Å². The SMILES string of the molecule is CCN1C(=S)NC(c2ccccn2)C1c1cc(C)n(-c2ccccc2C(=O)O)c1C. The summed E-state index contributed by atoms with van der Waals surface area (Å²) >= 11 is 5.63. The van der Waals surface area contributed by atoms with Gasteiger partial charge in [0.05, 0.1) is 29.0 Å². The number of thiocarbonyl (C=S) groups is 1. The first kappa shape index (κ1) is 20.1. The van der Waals surface area contributed by atoms with Crippen LogP contribution in [0.4, 0.5) is 0 Å². The summed E-state index contributed by atoms with van der Waals surface area (Å²) < 4.78 is 2.02. The zero-order chi connectivity index (χ0) is 21.4. The molecule has 2 atom stereocenters. The maximum absolute atomic E-state index is 11.8. The molecule has 0 radical (unpaired) electrons. The van der Waals surface area contributed by atoms with E-state index in [2.05, 4.69) is 28.2 Å². The summed E-state index contributed by atoms with van der Waals surface area (Å²) in [5.41, 5.74) is 4.95. The van der Waals surface area contributed by atoms with Crippen molar-refractivity contribution >= 4 is 23.3 Å². The molecule has 0 bridgehead atoms. The summed E-state index contributed by atoms with van der Waals surface area (Å²) in [6, 6.07) is 15.0. The highest BCUT2D eigenvalue weighted by atomic mass is 32.1. The lowest BCUT2D eigenvalue weighted by atomic mass is 9.97. The van der Waals surface area contributed by atoms with Gasteiger partial charge >= 0.3 is 5.97 Å². The number of aryl methyl sites for hydroxylation is 1. The lowest BCUT2D eigenvalue weighted by Crippen LogP contribution is -2.29. The van der Waals surface area contributed by atoms with Gasteiger partial charge in [0.2, 0.25) is 0 Å². The first-order chi connectivity index (χ1) is 14.4. The van der Waals surface area contributed by atoms with E-state index in [1.807, 2.05) is 48.7 Å². The number of nitrogens with one attached hydrogen (secondary N) is 1. The van der Waals surface area contributed by atoms with Crippen LogP contribution in [0.25, 0.3) is 5.69 Å². The van der Waals surface area contributed by atoms with E-state index >= 15 is 0 Å². The number of aromatic nitrogens is 2. The number of para-hydroxylation sites is 1. The second-order valence-corrected chi connectivity index (χ2v) is 7.78. The first-order valence-corrected chi connectivity index (χ1v) is 10.3. The van der Waals surface area contributed by atoms with Crippen molar-refractivity contribution in [2.24, 2.45) is 0 Å². The largest absolute Gasteiger partial charge is 0.478 e. The quantitative estimate of drug-likeness (QED) is 0.604. The molecule has 1 saturated heterocycles. The second-order valence-electron chi connectivity index (χ2n) is 7.40. The smallest absolute Gasteiger partial charge is 0.337 e. The number of pyridine rings is 1. The molecule has 0 spiro atoms. The van der Waals surface area contributed by atoms with Crippen LogP contribution in [0.2, 0.25) is 0 Å². The number of aromatic carboxylic acids is 1. The third-order valence-corrected chi connectivity index (χ3v) is 6.06. The van der Waals surface area contributed by atoms with E-state index in [0.717, 1.165) is 29.2 Å². The zero-order valence-electron chi connectivity index (χ0n) is 17.2. The van der Waals surface area contributed by atoms with Crippen molar-refractivity contribution in [3.8, 4) is 5.69 Å². The van der Waals surface area contributed by atoms with Gasteiger partial charge in [-0.05, 0) is 68.9 Å². The maximum atomic E-state index is 11.8. The molecule has 2 aromatic heterocycles. The molecule has 1 aromatic carbocycles. The van der Waals surface area contributed by atoms with Crippen LogP contribution in [0.3, 0.4) is 0 Å². The third-order valence-electron chi connectivity index (χ3n) is 5.70. The van der Waals surface area contributed by atoms with Gasteiger partial charge in [0.1, 0.15) is 0 Å². The number of hydrogen-bond donors (Lipinski definition) is 2. The number of nitrogens with zero attached hydrogens (tertiary/aromatic N) is 3. The normalized spacial score (nSPS) is 18.5. The Morgan fingerprint density at radius 1 is 1.20 bits per heavy atom. The van der Waals surface area contributed by atoms with Gasteiger partial charge in [0.15, 0.2) is 5.11 Å². The van der Waals surface area contributed by atoms with Crippen LogP contribution in [-0.2, 0) is 0 Å². The third kappa shape index (κ3) is 3.25. The molecule has 2 N–H and O–H groups in total. The standard InChI is InChI=1S/C23H24N4O2S/c1-4-26-21(20(25-23(26)30)18-10-7-8-12-24-18)17-13-14(2)27(15(17)3)19-11-6-5-9-16(19)22(28)29/h5-13,20-21H,4H2,1-3H3,(H,25,30)(H,28,29). The Bertz CT molecular complexity index is 1110. The number of likely N-dealkylation sites (N-methyl/N-ethyl adjacent to an activating group) is 1. The molecular weight excluding hydrogens is 396 g/mol. The lowest BCUT2D eigenvalue weighted by molar-refractivity contribution is 0.0697. The molecule has 4 rings (SSSR count). The number of carboxylic acids is 1. The van der Waals surface area contributed by atoms with Gasteiger partial charge in [-0.25, -0.2) is 4.79 Å². The Hall–Kier alpha value is -3.19. The minimum atomic E-state index is -0.940. The average molecular weight is 421 g/mol. The maximum Gasteiger partial charge on any atom is 0.337 e. The highest BCUT2D eigenvalue weighted by molar-refractivity contribution is 7.80. The van der Waals surface area contributed by atoms with Crippen molar-refractivity contribution in [1.29, 1.82) is 0 Å². The summed E-state index contributed by atoms with van der Waals surface area (Å²) in [7, 11) is 0. The van der Waals surface area contributed by atoms with E-state index in [1.165, 1.54) is 0 Å². The highest BCUT2D eigenvalue weighted by Crippen LogP contribution is 2.41. The molecule has 0 saturated carbocycles. The van der Waals surface area contributed by atoms with E-state index in [9.17, 15) is 9.90 Å². The predicted octanol–water partition coefficient (Wildman–Crippen LogP) is 4.18. The molecule has 7 heteroatoms. The van der Waals surface area contributed by atoms with E-state index in [0.29, 0.717) is 10.8 Å². The van der Waals surface area contributed by atoms with Gasteiger partial charge in [-0.3, -0.25) is 4.98 Å². The zero-order valence-corrected chi connectivity index (χ0v) is 18.0. The molecular formula is C23H24N4O2S. The predicted molar refractivity (Wildman–Crippen MR) is 120 cm³/mol. The van der Waals surface area contributed by atoms with Crippen molar-refractivity contribution in [2.75, 3.05) is 6.54 Å². The highest BCUT2D eigenvalue weighted by Gasteiger charge is 2.40. The fourth-order valence-electron chi connectivity index (χ4n) is 4.39. The van der Waals surface area contributed by atoms with Gasteiger partial charge in [-0.2, -0.15) is 0 Å². The van der Waals surface area contributed by atoms with Crippen molar-refractivity contribution < 1.29 is 9.90 Å². The molecule has 6 nitrogen and oxygen atoms in total. The second kappa shape index (κ2) is 7.91. The van der Waals surface area contributed by atoms with Crippen LogP contribution in [0, 0.1) is 13.8 Å². The minimum absolute atomic E-state index is 0.0330. The molecule has 30 heavy (non-hydrogen) atoms. The fourth-order valence-corrected chi connectivity index (χ4v) is 4.76. The van der Waals surface area contributed by atoms with Gasteiger partial charge < -0.3 is 19.9 Å².